The van der Waals surface area contributed by atoms with E-state index in [4.69, 9.17) is 21.1 Å². The number of nitrogens with zero attached hydrogens (tertiary/aromatic N) is 2. The number of methoxy groups -OCH3 is 1. The van der Waals surface area contributed by atoms with Gasteiger partial charge in [0.25, 0.3) is 0 Å². The van der Waals surface area contributed by atoms with Crippen molar-refractivity contribution in [2.45, 2.75) is 12.4 Å². The molecule has 0 radical (unpaired) electrons. The first kappa shape index (κ1) is 14.2. The summed E-state index contributed by atoms with van der Waals surface area (Å²) < 4.78 is 25.9. The summed E-state index contributed by atoms with van der Waals surface area (Å²) in [7, 11) is 1.62. The minimum absolute atomic E-state index is 0.242. The zero-order chi connectivity index (χ0) is 13.7. The summed E-state index contributed by atoms with van der Waals surface area (Å²) in [5.74, 6) is 0.599. The third kappa shape index (κ3) is 3.23. The SMILES string of the molecule is COCCOCCn1c(CCl)nc2cccc(F)c21. The molecule has 2 aromatic rings. The summed E-state index contributed by atoms with van der Waals surface area (Å²) in [5, 5.41) is 0. The quantitative estimate of drug-likeness (QED) is 0.580. The Labute approximate surface area is 116 Å². The number of hydrogen-bond donors (Lipinski definition) is 0. The van der Waals surface area contributed by atoms with E-state index in [1.54, 1.807) is 23.8 Å². The number of benzene rings is 1. The molecule has 0 aliphatic rings. The van der Waals surface area contributed by atoms with Crippen LogP contribution in [0, 0.1) is 5.82 Å². The molecule has 19 heavy (non-hydrogen) atoms. The number of alkyl halides is 1. The molecule has 1 aromatic carbocycles. The van der Waals surface area contributed by atoms with E-state index in [9.17, 15) is 4.39 Å². The molecule has 4 nitrogen and oxygen atoms in total. The summed E-state index contributed by atoms with van der Waals surface area (Å²) in [6.07, 6.45) is 0. The molecule has 0 amide bonds. The first-order valence-corrected chi connectivity index (χ1v) is 6.57. The second-order valence-corrected chi connectivity index (χ2v) is 4.29. The minimum Gasteiger partial charge on any atom is -0.382 e. The fraction of sp³-hybridized carbons (Fsp3) is 0.462. The zero-order valence-electron chi connectivity index (χ0n) is 10.7. The van der Waals surface area contributed by atoms with Crippen molar-refractivity contribution in [2.24, 2.45) is 0 Å². The Bertz CT molecular complexity index is 545. The van der Waals surface area contributed by atoms with E-state index in [2.05, 4.69) is 4.98 Å². The van der Waals surface area contributed by atoms with Crippen LogP contribution in [0.3, 0.4) is 0 Å². The highest BCUT2D eigenvalue weighted by Gasteiger charge is 2.13. The van der Waals surface area contributed by atoms with E-state index in [0.29, 0.717) is 43.2 Å². The Kier molecular flexibility index (Phi) is 5.13. The van der Waals surface area contributed by atoms with Gasteiger partial charge in [-0.1, -0.05) is 6.07 Å². The highest BCUT2D eigenvalue weighted by atomic mass is 35.5. The van der Waals surface area contributed by atoms with E-state index in [1.165, 1.54) is 6.07 Å². The summed E-state index contributed by atoms with van der Waals surface area (Å²) in [6.45, 7) is 2.04. The van der Waals surface area contributed by atoms with E-state index >= 15 is 0 Å². The lowest BCUT2D eigenvalue weighted by molar-refractivity contribution is 0.0667. The van der Waals surface area contributed by atoms with Crippen molar-refractivity contribution in [2.75, 3.05) is 26.9 Å². The van der Waals surface area contributed by atoms with Gasteiger partial charge in [-0.05, 0) is 12.1 Å². The number of fused-ring (bicyclic) bond motifs is 1. The van der Waals surface area contributed by atoms with E-state index in [1.807, 2.05) is 0 Å². The maximum atomic E-state index is 13.9. The normalized spacial score (nSPS) is 11.3. The van der Waals surface area contributed by atoms with Crippen LogP contribution in [0.25, 0.3) is 11.0 Å². The van der Waals surface area contributed by atoms with Gasteiger partial charge in [-0.3, -0.25) is 0 Å². The van der Waals surface area contributed by atoms with Crippen molar-refractivity contribution < 1.29 is 13.9 Å². The lowest BCUT2D eigenvalue weighted by Crippen LogP contribution is -2.11. The standard InChI is InChI=1S/C13H16ClFN2O2/c1-18-7-8-19-6-5-17-12(9-14)16-11-4-2-3-10(15)13(11)17/h2-4H,5-9H2,1H3. The number of rotatable bonds is 7. The molecule has 6 heteroatoms. The van der Waals surface area contributed by atoms with Gasteiger partial charge in [-0.25, -0.2) is 9.37 Å². The zero-order valence-corrected chi connectivity index (χ0v) is 11.5. The lowest BCUT2D eigenvalue weighted by Gasteiger charge is -2.08. The van der Waals surface area contributed by atoms with Crippen LogP contribution in [0.4, 0.5) is 4.39 Å². The molecule has 0 bridgehead atoms. The molecule has 0 fully saturated rings. The average molecular weight is 287 g/mol. The molecular formula is C13H16ClFN2O2. The molecular weight excluding hydrogens is 271 g/mol. The van der Waals surface area contributed by atoms with Gasteiger partial charge in [-0.15, -0.1) is 11.6 Å². The van der Waals surface area contributed by atoms with Gasteiger partial charge in [0, 0.05) is 13.7 Å². The number of ether oxygens (including phenoxy) is 2. The monoisotopic (exact) mass is 286 g/mol. The number of halogens is 2. The van der Waals surface area contributed by atoms with Crippen molar-refractivity contribution in [3.63, 3.8) is 0 Å². The maximum absolute atomic E-state index is 13.9. The molecule has 0 saturated carbocycles. The molecule has 0 unspecified atom stereocenters. The first-order valence-electron chi connectivity index (χ1n) is 6.04. The smallest absolute Gasteiger partial charge is 0.149 e. The van der Waals surface area contributed by atoms with Crippen LogP contribution >= 0.6 is 11.6 Å². The minimum atomic E-state index is -0.293. The lowest BCUT2D eigenvalue weighted by atomic mass is 10.3. The number of hydrogen-bond acceptors (Lipinski definition) is 3. The summed E-state index contributed by atoms with van der Waals surface area (Å²) in [6, 6.07) is 4.84. The largest absolute Gasteiger partial charge is 0.382 e. The van der Waals surface area contributed by atoms with Crippen molar-refractivity contribution in [3.8, 4) is 0 Å². The number of aromatic nitrogens is 2. The Balaban J connectivity index is 2.15. The topological polar surface area (TPSA) is 36.3 Å². The predicted octanol–water partition coefficient (Wildman–Crippen LogP) is 2.58. The average Bonchev–Trinajstić information content (AvgIpc) is 2.78. The fourth-order valence-corrected chi connectivity index (χ4v) is 2.14. The molecule has 0 N–H and O–H groups in total. The van der Waals surface area contributed by atoms with Crippen LogP contribution in [-0.2, 0) is 21.9 Å². The fourth-order valence-electron chi connectivity index (χ4n) is 1.93. The third-order valence-electron chi connectivity index (χ3n) is 2.81. The second kappa shape index (κ2) is 6.84. The Morgan fingerprint density at radius 1 is 1.32 bits per heavy atom. The van der Waals surface area contributed by atoms with E-state index in [-0.39, 0.29) is 11.7 Å². The van der Waals surface area contributed by atoms with Gasteiger partial charge in [0.15, 0.2) is 0 Å². The molecule has 1 heterocycles. The highest BCUT2D eigenvalue weighted by Crippen LogP contribution is 2.20. The van der Waals surface area contributed by atoms with Crippen LogP contribution in [0.5, 0.6) is 0 Å². The Hall–Kier alpha value is -1.17. The van der Waals surface area contributed by atoms with E-state index < -0.39 is 0 Å². The van der Waals surface area contributed by atoms with Gasteiger partial charge < -0.3 is 14.0 Å². The third-order valence-corrected chi connectivity index (χ3v) is 3.05. The molecule has 104 valence electrons. The van der Waals surface area contributed by atoms with Crippen LogP contribution in [-0.4, -0.2) is 36.5 Å². The Morgan fingerprint density at radius 2 is 2.16 bits per heavy atom. The molecule has 0 saturated heterocycles. The van der Waals surface area contributed by atoms with Crippen molar-refractivity contribution in [1.29, 1.82) is 0 Å². The first-order chi connectivity index (χ1) is 9.27. The maximum Gasteiger partial charge on any atom is 0.149 e. The molecule has 0 aliphatic carbocycles. The predicted molar refractivity (Wildman–Crippen MR) is 71.9 cm³/mol. The summed E-state index contributed by atoms with van der Waals surface area (Å²) >= 11 is 5.85. The van der Waals surface area contributed by atoms with Gasteiger partial charge in [-0.2, -0.15) is 0 Å². The van der Waals surface area contributed by atoms with Crippen LogP contribution < -0.4 is 0 Å². The van der Waals surface area contributed by atoms with Gasteiger partial charge in [0.2, 0.25) is 0 Å². The molecule has 2 rings (SSSR count). The molecule has 1 aromatic heterocycles. The molecule has 0 aliphatic heterocycles. The van der Waals surface area contributed by atoms with Crippen LogP contribution in [0.1, 0.15) is 5.82 Å². The Morgan fingerprint density at radius 3 is 2.89 bits per heavy atom. The van der Waals surface area contributed by atoms with Gasteiger partial charge in [0.05, 0.1) is 31.2 Å². The van der Waals surface area contributed by atoms with Crippen LogP contribution in [0.2, 0.25) is 0 Å². The molecule has 0 spiro atoms. The number of para-hydroxylation sites is 1. The highest BCUT2D eigenvalue weighted by molar-refractivity contribution is 6.16. The van der Waals surface area contributed by atoms with Crippen molar-refractivity contribution in [1.82, 2.24) is 9.55 Å². The van der Waals surface area contributed by atoms with E-state index in [0.717, 1.165) is 0 Å². The summed E-state index contributed by atoms with van der Waals surface area (Å²) in [4.78, 5) is 4.32. The van der Waals surface area contributed by atoms with Gasteiger partial charge in [0.1, 0.15) is 17.2 Å². The van der Waals surface area contributed by atoms with Gasteiger partial charge >= 0.3 is 0 Å². The van der Waals surface area contributed by atoms with Crippen molar-refractivity contribution in [3.05, 3.63) is 29.8 Å². The molecule has 0 atom stereocenters. The van der Waals surface area contributed by atoms with Crippen molar-refractivity contribution >= 4 is 22.6 Å². The summed E-state index contributed by atoms with van der Waals surface area (Å²) in [5.41, 5.74) is 1.10. The number of imidazole rings is 1. The second-order valence-electron chi connectivity index (χ2n) is 4.03. The van der Waals surface area contributed by atoms with Crippen LogP contribution in [0.15, 0.2) is 18.2 Å².